The number of benzene rings is 2. The molecular weight excluding hydrogens is 339 g/mol. The molecule has 0 fully saturated rings. The van der Waals surface area contributed by atoms with Crippen LogP contribution < -0.4 is 10.6 Å². The van der Waals surface area contributed by atoms with E-state index in [1.54, 1.807) is 6.92 Å². The Morgan fingerprint density at radius 1 is 1.08 bits per heavy atom. The van der Waals surface area contributed by atoms with Crippen LogP contribution in [0.4, 0.5) is 15.8 Å². The maximum Gasteiger partial charge on any atom is 0.237 e. The minimum Gasteiger partial charge on any atom is -0.325 e. The predicted octanol–water partition coefficient (Wildman–Crippen LogP) is 4.14. The number of hydrogen-bond donors (Lipinski definition) is 2. The third kappa shape index (κ3) is 5.90. The number of hydrogen-bond acceptors (Lipinski definition) is 3. The van der Waals surface area contributed by atoms with Gasteiger partial charge in [0.2, 0.25) is 11.8 Å². The lowest BCUT2D eigenvalue weighted by molar-refractivity contribution is -0.115. The van der Waals surface area contributed by atoms with E-state index in [2.05, 4.69) is 10.6 Å². The molecule has 2 aromatic carbocycles. The van der Waals surface area contributed by atoms with E-state index < -0.39 is 0 Å². The predicted molar refractivity (Wildman–Crippen MR) is 101 cm³/mol. The highest BCUT2D eigenvalue weighted by Crippen LogP contribution is 2.19. The zero-order chi connectivity index (χ0) is 18.4. The van der Waals surface area contributed by atoms with Crippen LogP contribution in [0.25, 0.3) is 0 Å². The van der Waals surface area contributed by atoms with Crippen molar-refractivity contribution in [2.24, 2.45) is 0 Å². The molecule has 2 amide bonds. The van der Waals surface area contributed by atoms with Crippen LogP contribution in [0.2, 0.25) is 0 Å². The van der Waals surface area contributed by atoms with E-state index >= 15 is 0 Å². The van der Waals surface area contributed by atoms with Gasteiger partial charge in [0.05, 0.1) is 11.0 Å². The highest BCUT2D eigenvalue weighted by Gasteiger charge is 2.16. The summed E-state index contributed by atoms with van der Waals surface area (Å²) in [7, 11) is 0. The molecule has 0 aromatic heterocycles. The molecule has 0 unspecified atom stereocenters. The molecule has 0 bridgehead atoms. The number of carbonyl (C=O) groups is 2. The number of aryl methyl sites for hydroxylation is 2. The first kappa shape index (κ1) is 19.0. The van der Waals surface area contributed by atoms with E-state index in [0.29, 0.717) is 5.69 Å². The molecule has 0 aliphatic carbocycles. The summed E-state index contributed by atoms with van der Waals surface area (Å²) in [5.41, 5.74) is 3.37. The quantitative estimate of drug-likeness (QED) is 0.814. The van der Waals surface area contributed by atoms with Gasteiger partial charge in [-0.25, -0.2) is 4.39 Å². The van der Waals surface area contributed by atoms with Crippen molar-refractivity contribution in [1.29, 1.82) is 0 Å². The van der Waals surface area contributed by atoms with Crippen molar-refractivity contribution in [2.75, 3.05) is 16.4 Å². The van der Waals surface area contributed by atoms with Gasteiger partial charge in [0, 0.05) is 11.4 Å². The third-order valence-electron chi connectivity index (χ3n) is 3.61. The van der Waals surface area contributed by atoms with Crippen molar-refractivity contribution < 1.29 is 14.0 Å². The molecule has 132 valence electrons. The molecular formula is C19H21FN2O2S. The van der Waals surface area contributed by atoms with Gasteiger partial charge in [-0.15, -0.1) is 11.8 Å². The average Bonchev–Trinajstić information content (AvgIpc) is 2.58. The number of thioether (sulfide) groups is 1. The highest BCUT2D eigenvalue weighted by atomic mass is 32.2. The zero-order valence-corrected chi connectivity index (χ0v) is 15.2. The number of halogens is 1. The van der Waals surface area contributed by atoms with E-state index in [4.69, 9.17) is 0 Å². The number of nitrogens with one attached hydrogen (secondary N) is 2. The normalized spacial score (nSPS) is 11.7. The van der Waals surface area contributed by atoms with Gasteiger partial charge in [0.25, 0.3) is 0 Å². The molecule has 25 heavy (non-hydrogen) atoms. The molecule has 6 heteroatoms. The second-order valence-corrected chi connectivity index (χ2v) is 7.15. The molecule has 0 heterocycles. The molecule has 2 N–H and O–H groups in total. The van der Waals surface area contributed by atoms with Crippen molar-refractivity contribution in [3.63, 3.8) is 0 Å². The summed E-state index contributed by atoms with van der Waals surface area (Å²) in [6, 6.07) is 11.4. The lowest BCUT2D eigenvalue weighted by Gasteiger charge is -2.14. The van der Waals surface area contributed by atoms with Crippen molar-refractivity contribution in [3.8, 4) is 0 Å². The minimum absolute atomic E-state index is 0.138. The van der Waals surface area contributed by atoms with Crippen molar-refractivity contribution >= 4 is 35.0 Å². The first-order valence-electron chi connectivity index (χ1n) is 7.90. The topological polar surface area (TPSA) is 58.2 Å². The molecule has 0 saturated heterocycles. The van der Waals surface area contributed by atoms with Gasteiger partial charge in [0.15, 0.2) is 0 Å². The standard InChI is InChI=1S/C19H21FN2O2S/c1-12-4-5-13(2)17(10-12)22-19(24)14(3)25-11-18(23)21-16-8-6-15(20)7-9-16/h4-10,14H,11H2,1-3H3,(H,21,23)(H,22,24)/t14-/m0/s1. The van der Waals surface area contributed by atoms with Crippen LogP contribution in [0.1, 0.15) is 18.1 Å². The van der Waals surface area contributed by atoms with Crippen LogP contribution in [-0.4, -0.2) is 22.8 Å². The van der Waals surface area contributed by atoms with Crippen molar-refractivity contribution in [2.45, 2.75) is 26.0 Å². The summed E-state index contributed by atoms with van der Waals surface area (Å²) >= 11 is 1.25. The van der Waals surface area contributed by atoms with Gasteiger partial charge < -0.3 is 10.6 Å². The Hall–Kier alpha value is -2.34. The van der Waals surface area contributed by atoms with Crippen LogP contribution in [-0.2, 0) is 9.59 Å². The second kappa shape index (κ2) is 8.67. The smallest absolute Gasteiger partial charge is 0.237 e. The highest BCUT2D eigenvalue weighted by molar-refractivity contribution is 8.01. The number of amides is 2. The number of carbonyl (C=O) groups excluding carboxylic acids is 2. The van der Waals surface area contributed by atoms with E-state index in [0.717, 1.165) is 16.8 Å². The molecule has 0 aliphatic rings. The molecule has 0 spiro atoms. The Balaban J connectivity index is 1.83. The van der Waals surface area contributed by atoms with Crippen LogP contribution in [0.15, 0.2) is 42.5 Å². The van der Waals surface area contributed by atoms with Crippen LogP contribution in [0, 0.1) is 19.7 Å². The minimum atomic E-state index is -0.376. The van der Waals surface area contributed by atoms with Gasteiger partial charge >= 0.3 is 0 Å². The van der Waals surface area contributed by atoms with Gasteiger partial charge in [-0.1, -0.05) is 12.1 Å². The lowest BCUT2D eigenvalue weighted by Crippen LogP contribution is -2.25. The van der Waals surface area contributed by atoms with Gasteiger partial charge in [0.1, 0.15) is 5.82 Å². The van der Waals surface area contributed by atoms with Gasteiger partial charge in [-0.2, -0.15) is 0 Å². The molecule has 2 rings (SSSR count). The third-order valence-corrected chi connectivity index (χ3v) is 4.76. The summed E-state index contributed by atoms with van der Waals surface area (Å²) in [4.78, 5) is 24.2. The van der Waals surface area contributed by atoms with Gasteiger partial charge in [-0.05, 0) is 62.2 Å². The summed E-state index contributed by atoms with van der Waals surface area (Å²) in [6.45, 7) is 5.66. The van der Waals surface area contributed by atoms with E-state index in [9.17, 15) is 14.0 Å². The second-order valence-electron chi connectivity index (χ2n) is 5.82. The number of anilines is 2. The fraction of sp³-hybridized carbons (Fsp3) is 0.263. The Labute approximate surface area is 151 Å². The Morgan fingerprint density at radius 3 is 2.44 bits per heavy atom. The maximum atomic E-state index is 12.8. The molecule has 1 atom stereocenters. The fourth-order valence-electron chi connectivity index (χ4n) is 2.11. The van der Waals surface area contributed by atoms with Crippen LogP contribution in [0.3, 0.4) is 0 Å². The Morgan fingerprint density at radius 2 is 1.76 bits per heavy atom. The summed E-state index contributed by atoms with van der Waals surface area (Å²) < 4.78 is 12.8. The average molecular weight is 360 g/mol. The lowest BCUT2D eigenvalue weighted by atomic mass is 10.1. The van der Waals surface area contributed by atoms with E-state index in [-0.39, 0.29) is 28.6 Å². The largest absolute Gasteiger partial charge is 0.325 e. The maximum absolute atomic E-state index is 12.8. The molecule has 4 nitrogen and oxygen atoms in total. The summed E-state index contributed by atoms with van der Waals surface area (Å²) in [5.74, 6) is -0.598. The summed E-state index contributed by atoms with van der Waals surface area (Å²) in [5, 5.41) is 5.19. The Kier molecular flexibility index (Phi) is 6.58. The SMILES string of the molecule is Cc1ccc(C)c(NC(=O)[C@H](C)SCC(=O)Nc2ccc(F)cc2)c1. The molecule has 0 saturated carbocycles. The molecule has 0 radical (unpaired) electrons. The van der Waals surface area contributed by atoms with Crippen LogP contribution >= 0.6 is 11.8 Å². The van der Waals surface area contributed by atoms with Gasteiger partial charge in [-0.3, -0.25) is 9.59 Å². The van der Waals surface area contributed by atoms with Crippen LogP contribution in [0.5, 0.6) is 0 Å². The first-order chi connectivity index (χ1) is 11.8. The summed E-state index contributed by atoms with van der Waals surface area (Å²) in [6.07, 6.45) is 0. The monoisotopic (exact) mass is 360 g/mol. The molecule has 0 aliphatic heterocycles. The Bertz CT molecular complexity index is 763. The number of rotatable bonds is 6. The van der Waals surface area contributed by atoms with Crippen molar-refractivity contribution in [3.05, 3.63) is 59.4 Å². The van der Waals surface area contributed by atoms with E-state index in [1.807, 2.05) is 32.0 Å². The fourth-order valence-corrected chi connectivity index (χ4v) is 2.80. The van der Waals surface area contributed by atoms with Crippen molar-refractivity contribution in [1.82, 2.24) is 0 Å². The van der Waals surface area contributed by atoms with E-state index in [1.165, 1.54) is 36.0 Å². The zero-order valence-electron chi connectivity index (χ0n) is 14.4. The molecule has 2 aromatic rings. The first-order valence-corrected chi connectivity index (χ1v) is 8.95.